The second-order valence-electron chi connectivity index (χ2n) is 1.28. The Morgan fingerprint density at radius 2 is 1.00 bits per heavy atom. The zero-order valence-electron chi connectivity index (χ0n) is 5.77. The van der Waals surface area contributed by atoms with Crippen LogP contribution in [0.5, 0.6) is 0 Å². The third-order valence-electron chi connectivity index (χ3n) is 0.477. The molecule has 0 atom stereocenters. The molecule has 0 aliphatic heterocycles. The zero-order chi connectivity index (χ0) is 8.24. The lowest BCUT2D eigenvalue weighted by Crippen LogP contribution is -1.85. The topological polar surface area (TPSA) is 80.9 Å². The summed E-state index contributed by atoms with van der Waals surface area (Å²) in [7, 11) is 0. The van der Waals surface area contributed by atoms with E-state index in [4.69, 9.17) is 20.4 Å². The van der Waals surface area contributed by atoms with Crippen LogP contribution in [0, 0.1) is 0 Å². The van der Waals surface area contributed by atoms with Gasteiger partial charge in [0.25, 0.3) is 0 Å². The Balaban J connectivity index is 0. The van der Waals surface area contributed by atoms with Gasteiger partial charge in [0.15, 0.2) is 0 Å². The van der Waals surface area contributed by atoms with E-state index in [1.165, 1.54) is 12.2 Å². The van der Waals surface area contributed by atoms with Crippen LogP contribution in [-0.4, -0.2) is 46.9 Å². The summed E-state index contributed by atoms with van der Waals surface area (Å²) in [6.07, 6.45) is 2.97. The molecule has 0 saturated carbocycles. The third kappa shape index (κ3) is 25.6. The van der Waals surface area contributed by atoms with Crippen LogP contribution < -0.4 is 0 Å². The third-order valence-corrected chi connectivity index (χ3v) is 0.477. The van der Waals surface area contributed by atoms with E-state index in [-0.39, 0.29) is 26.4 Å². The Kier molecular flexibility index (Phi) is 19.4. The molecule has 0 fully saturated rings. The fourth-order valence-electron chi connectivity index (χ4n) is 0.149. The van der Waals surface area contributed by atoms with Crippen LogP contribution in [0.2, 0.25) is 0 Å². The van der Waals surface area contributed by atoms with E-state index in [2.05, 4.69) is 0 Å². The molecule has 0 aromatic carbocycles. The minimum absolute atomic E-state index is 0.0144. The lowest BCUT2D eigenvalue weighted by molar-refractivity contribution is 0.186. The predicted octanol–water partition coefficient (Wildman–Crippen LogP) is -1.50. The monoisotopic (exact) mass is 150 g/mol. The Bertz CT molecular complexity index is 54.8. The Morgan fingerprint density at radius 3 is 1.10 bits per heavy atom. The number of rotatable bonds is 3. The van der Waals surface area contributed by atoms with Crippen molar-refractivity contribution in [2.45, 2.75) is 0 Å². The van der Waals surface area contributed by atoms with Crippen molar-refractivity contribution in [3.63, 3.8) is 0 Å². The number of hydrogen-bond donors (Lipinski definition) is 4. The van der Waals surface area contributed by atoms with Crippen LogP contribution >= 0.6 is 0 Å². The van der Waals surface area contributed by atoms with Crippen molar-refractivity contribution in [2.75, 3.05) is 26.4 Å². The maximum absolute atomic E-state index is 8.00. The molecular formula is C6H14O4. The lowest BCUT2D eigenvalue weighted by Gasteiger charge is -1.73. The van der Waals surface area contributed by atoms with Gasteiger partial charge in [-0.2, -0.15) is 0 Å². The van der Waals surface area contributed by atoms with Gasteiger partial charge in [0.1, 0.15) is 0 Å². The molecule has 0 rings (SSSR count). The highest BCUT2D eigenvalue weighted by molar-refractivity contribution is 4.78. The maximum Gasteiger partial charge on any atom is 0.0662 e. The summed E-state index contributed by atoms with van der Waals surface area (Å²) in [5, 5.41) is 31.2. The molecule has 0 aromatic rings. The highest BCUT2D eigenvalue weighted by Crippen LogP contribution is 1.63. The standard InChI is InChI=1S/C4H8O2.C2H6O2/c5-3-1-2-4-6;3-1-2-4/h1-2,5-6H,3-4H2;3-4H,1-2H2/b2-1+;. The lowest BCUT2D eigenvalue weighted by atomic mass is 10.5. The van der Waals surface area contributed by atoms with Gasteiger partial charge in [-0.1, -0.05) is 12.2 Å². The molecule has 4 nitrogen and oxygen atoms in total. The molecule has 0 unspecified atom stereocenters. The second-order valence-corrected chi connectivity index (χ2v) is 1.28. The van der Waals surface area contributed by atoms with Gasteiger partial charge in [0, 0.05) is 0 Å². The second kappa shape index (κ2) is 15.8. The van der Waals surface area contributed by atoms with Crippen LogP contribution in [0.3, 0.4) is 0 Å². The minimum atomic E-state index is -0.125. The van der Waals surface area contributed by atoms with E-state index >= 15 is 0 Å². The van der Waals surface area contributed by atoms with Crippen molar-refractivity contribution in [2.24, 2.45) is 0 Å². The van der Waals surface area contributed by atoms with Gasteiger partial charge >= 0.3 is 0 Å². The molecule has 0 spiro atoms. The molecule has 0 aliphatic rings. The first-order valence-electron chi connectivity index (χ1n) is 2.91. The van der Waals surface area contributed by atoms with Crippen LogP contribution in [-0.2, 0) is 0 Å². The van der Waals surface area contributed by atoms with Crippen molar-refractivity contribution in [1.82, 2.24) is 0 Å². The molecule has 0 amide bonds. The SMILES string of the molecule is OC/C=C/CO.OCCO. The van der Waals surface area contributed by atoms with E-state index in [9.17, 15) is 0 Å². The molecule has 0 saturated heterocycles. The highest BCUT2D eigenvalue weighted by atomic mass is 16.3. The van der Waals surface area contributed by atoms with Crippen LogP contribution in [0.25, 0.3) is 0 Å². The highest BCUT2D eigenvalue weighted by Gasteiger charge is 1.61. The summed E-state index contributed by atoms with van der Waals surface area (Å²) >= 11 is 0. The van der Waals surface area contributed by atoms with Crippen LogP contribution in [0.15, 0.2) is 12.2 Å². The smallest absolute Gasteiger partial charge is 0.0662 e. The van der Waals surface area contributed by atoms with Gasteiger partial charge in [-0.15, -0.1) is 0 Å². The summed E-state index contributed by atoms with van der Waals surface area (Å²) < 4.78 is 0. The van der Waals surface area contributed by atoms with E-state index in [0.717, 1.165) is 0 Å². The maximum atomic E-state index is 8.00. The summed E-state index contributed by atoms with van der Waals surface area (Å²) in [6, 6.07) is 0. The Hall–Kier alpha value is -0.420. The Labute approximate surface area is 60.1 Å². The summed E-state index contributed by atoms with van der Waals surface area (Å²) in [5.74, 6) is 0. The van der Waals surface area contributed by atoms with E-state index < -0.39 is 0 Å². The molecule has 10 heavy (non-hydrogen) atoms. The van der Waals surface area contributed by atoms with E-state index in [1.807, 2.05) is 0 Å². The van der Waals surface area contributed by atoms with Crippen molar-refractivity contribution in [3.8, 4) is 0 Å². The van der Waals surface area contributed by atoms with Crippen molar-refractivity contribution >= 4 is 0 Å². The first-order chi connectivity index (χ1) is 4.83. The average Bonchev–Trinajstić information content (AvgIpc) is 2.01. The summed E-state index contributed by atoms with van der Waals surface area (Å²) in [6.45, 7) is -0.221. The normalized spacial score (nSPS) is 9.20. The summed E-state index contributed by atoms with van der Waals surface area (Å²) in [4.78, 5) is 0. The van der Waals surface area contributed by atoms with Gasteiger partial charge in [-0.3, -0.25) is 0 Å². The van der Waals surface area contributed by atoms with Gasteiger partial charge in [-0.25, -0.2) is 0 Å². The van der Waals surface area contributed by atoms with Crippen LogP contribution in [0.4, 0.5) is 0 Å². The Morgan fingerprint density at radius 1 is 0.700 bits per heavy atom. The molecule has 0 bridgehead atoms. The molecule has 0 radical (unpaired) electrons. The van der Waals surface area contributed by atoms with Crippen molar-refractivity contribution < 1.29 is 20.4 Å². The van der Waals surface area contributed by atoms with E-state index in [1.54, 1.807) is 0 Å². The average molecular weight is 150 g/mol. The van der Waals surface area contributed by atoms with Gasteiger partial charge in [-0.05, 0) is 0 Å². The molecule has 4 heteroatoms. The molecule has 62 valence electrons. The quantitative estimate of drug-likeness (QED) is 0.369. The first-order valence-corrected chi connectivity index (χ1v) is 2.91. The zero-order valence-corrected chi connectivity index (χ0v) is 5.77. The minimum Gasteiger partial charge on any atom is -0.394 e. The van der Waals surface area contributed by atoms with Gasteiger partial charge in [0.2, 0.25) is 0 Å². The number of aliphatic hydroxyl groups is 4. The van der Waals surface area contributed by atoms with Gasteiger partial charge < -0.3 is 20.4 Å². The van der Waals surface area contributed by atoms with Crippen molar-refractivity contribution in [1.29, 1.82) is 0 Å². The van der Waals surface area contributed by atoms with E-state index in [0.29, 0.717) is 0 Å². The molecule has 0 heterocycles. The molecular weight excluding hydrogens is 136 g/mol. The fourth-order valence-corrected chi connectivity index (χ4v) is 0.149. The molecule has 4 N–H and O–H groups in total. The molecule has 0 aromatic heterocycles. The number of hydrogen-bond acceptors (Lipinski definition) is 4. The fraction of sp³-hybridized carbons (Fsp3) is 0.667. The van der Waals surface area contributed by atoms with Gasteiger partial charge in [0.05, 0.1) is 26.4 Å². The first kappa shape index (κ1) is 12.3. The van der Waals surface area contributed by atoms with Crippen molar-refractivity contribution in [3.05, 3.63) is 12.2 Å². The molecule has 0 aliphatic carbocycles. The summed E-state index contributed by atoms with van der Waals surface area (Å²) in [5.41, 5.74) is 0. The van der Waals surface area contributed by atoms with Crippen LogP contribution in [0.1, 0.15) is 0 Å². The predicted molar refractivity (Wildman–Crippen MR) is 37.5 cm³/mol. The number of aliphatic hydroxyl groups excluding tert-OH is 4. The largest absolute Gasteiger partial charge is 0.394 e.